The normalized spacial score (nSPS) is 14.7. The van der Waals surface area contributed by atoms with Gasteiger partial charge in [-0.1, -0.05) is 30.3 Å². The molecule has 0 atom stereocenters. The minimum Gasteiger partial charge on any atom is -0.321 e. The highest BCUT2D eigenvalue weighted by atomic mass is 16.2. The summed E-state index contributed by atoms with van der Waals surface area (Å²) in [7, 11) is 0. The Kier molecular flexibility index (Phi) is 4.35. The Bertz CT molecular complexity index is 586. The number of aryl methyl sites for hydroxylation is 1. The van der Waals surface area contributed by atoms with Crippen molar-refractivity contribution in [2.75, 3.05) is 0 Å². The first-order valence-electron chi connectivity index (χ1n) is 6.55. The molecule has 1 heterocycles. The number of amides is 2. The van der Waals surface area contributed by atoms with Crippen LogP contribution >= 0.6 is 0 Å². The van der Waals surface area contributed by atoms with E-state index in [1.807, 2.05) is 30.3 Å². The Morgan fingerprint density at radius 3 is 2.55 bits per heavy atom. The van der Waals surface area contributed by atoms with Crippen LogP contribution in [0.2, 0.25) is 0 Å². The maximum Gasteiger partial charge on any atom is 0.293 e. The van der Waals surface area contributed by atoms with Crippen molar-refractivity contribution < 1.29 is 9.59 Å². The van der Waals surface area contributed by atoms with Gasteiger partial charge in [0.25, 0.3) is 5.91 Å². The van der Waals surface area contributed by atoms with Crippen LogP contribution in [0.4, 0.5) is 0 Å². The van der Waals surface area contributed by atoms with Crippen LogP contribution in [-0.4, -0.2) is 11.8 Å². The summed E-state index contributed by atoms with van der Waals surface area (Å²) in [6, 6.07) is 9.78. The number of carbonyl (C=O) groups excluding carboxylic acids is 2. The van der Waals surface area contributed by atoms with E-state index in [9.17, 15) is 9.59 Å². The van der Waals surface area contributed by atoms with E-state index in [1.165, 1.54) is 0 Å². The number of nitrogens with zero attached hydrogens (tertiary/aromatic N) is 1. The van der Waals surface area contributed by atoms with Crippen LogP contribution in [0, 0.1) is 0 Å². The van der Waals surface area contributed by atoms with Crippen molar-refractivity contribution in [3.05, 3.63) is 58.9 Å². The standard InChI is InChI=1S/C16H17N2O2/c1-11-10-12(2)17-16(20)15(11)18-14(19)9-8-13-6-4-3-5-7-13/h3-7,10H,8-9H2,1-2H3,(H,18,19). The predicted octanol–water partition coefficient (Wildman–Crippen LogP) is 2.06. The van der Waals surface area contributed by atoms with Gasteiger partial charge in [0.1, 0.15) is 5.70 Å². The van der Waals surface area contributed by atoms with Crippen LogP contribution in [0.15, 0.2) is 53.4 Å². The van der Waals surface area contributed by atoms with Crippen LogP contribution in [0.25, 0.3) is 0 Å². The van der Waals surface area contributed by atoms with Crippen LogP contribution < -0.4 is 10.6 Å². The summed E-state index contributed by atoms with van der Waals surface area (Å²) >= 11 is 0. The number of carbonyl (C=O) groups is 2. The van der Waals surface area contributed by atoms with Crippen molar-refractivity contribution in [1.29, 1.82) is 0 Å². The first-order valence-corrected chi connectivity index (χ1v) is 6.55. The van der Waals surface area contributed by atoms with Gasteiger partial charge in [-0.2, -0.15) is 0 Å². The van der Waals surface area contributed by atoms with Gasteiger partial charge in [-0.05, 0) is 37.5 Å². The fraction of sp³-hybridized carbons (Fsp3) is 0.250. The number of hydrogen-bond acceptors (Lipinski definition) is 2. The van der Waals surface area contributed by atoms with Crippen molar-refractivity contribution >= 4 is 11.8 Å². The molecule has 4 nitrogen and oxygen atoms in total. The molecular formula is C16H17N2O2. The monoisotopic (exact) mass is 269 g/mol. The topological polar surface area (TPSA) is 60.3 Å². The molecule has 0 bridgehead atoms. The zero-order valence-electron chi connectivity index (χ0n) is 11.6. The van der Waals surface area contributed by atoms with Crippen molar-refractivity contribution in [3.8, 4) is 0 Å². The van der Waals surface area contributed by atoms with Gasteiger partial charge in [0.05, 0.1) is 0 Å². The highest BCUT2D eigenvalue weighted by Gasteiger charge is 2.20. The Balaban J connectivity index is 1.95. The first-order chi connectivity index (χ1) is 9.56. The number of hydrogen-bond donors (Lipinski definition) is 1. The molecule has 103 valence electrons. The second-order valence-electron chi connectivity index (χ2n) is 4.79. The van der Waals surface area contributed by atoms with Gasteiger partial charge in [-0.3, -0.25) is 9.59 Å². The number of rotatable bonds is 4. The Morgan fingerprint density at radius 1 is 1.20 bits per heavy atom. The Morgan fingerprint density at radius 2 is 1.90 bits per heavy atom. The summed E-state index contributed by atoms with van der Waals surface area (Å²) in [5.74, 6) is -0.546. The second kappa shape index (κ2) is 6.19. The van der Waals surface area contributed by atoms with Gasteiger partial charge >= 0.3 is 0 Å². The first kappa shape index (κ1) is 14.1. The molecule has 0 fully saturated rings. The van der Waals surface area contributed by atoms with Crippen molar-refractivity contribution in [3.63, 3.8) is 0 Å². The Labute approximate surface area is 118 Å². The summed E-state index contributed by atoms with van der Waals surface area (Å²) in [6.07, 6.45) is 2.78. The smallest absolute Gasteiger partial charge is 0.293 e. The lowest BCUT2D eigenvalue weighted by molar-refractivity contribution is -0.123. The molecule has 1 N–H and O–H groups in total. The molecule has 0 aromatic heterocycles. The third-order valence-electron chi connectivity index (χ3n) is 3.06. The van der Waals surface area contributed by atoms with E-state index < -0.39 is 0 Å². The lowest BCUT2D eigenvalue weighted by Gasteiger charge is -2.15. The van der Waals surface area contributed by atoms with Crippen LogP contribution in [0.1, 0.15) is 25.8 Å². The van der Waals surface area contributed by atoms with E-state index >= 15 is 0 Å². The maximum absolute atomic E-state index is 11.9. The van der Waals surface area contributed by atoms with E-state index in [2.05, 4.69) is 10.6 Å². The van der Waals surface area contributed by atoms with Crippen LogP contribution in [-0.2, 0) is 16.0 Å². The summed E-state index contributed by atoms with van der Waals surface area (Å²) in [4.78, 5) is 23.6. The summed E-state index contributed by atoms with van der Waals surface area (Å²) in [6.45, 7) is 3.55. The third kappa shape index (κ3) is 3.57. The minimum absolute atomic E-state index is 0.167. The van der Waals surface area contributed by atoms with E-state index in [4.69, 9.17) is 0 Å². The molecular weight excluding hydrogens is 252 g/mol. The molecule has 1 aromatic rings. The largest absolute Gasteiger partial charge is 0.321 e. The van der Waals surface area contributed by atoms with Crippen LogP contribution in [0.5, 0.6) is 0 Å². The molecule has 1 radical (unpaired) electrons. The molecule has 2 rings (SSSR count). The van der Waals surface area contributed by atoms with E-state index in [0.717, 1.165) is 11.1 Å². The van der Waals surface area contributed by atoms with Gasteiger partial charge < -0.3 is 5.32 Å². The molecule has 1 aliphatic rings. The van der Waals surface area contributed by atoms with E-state index in [-0.39, 0.29) is 17.5 Å². The molecule has 4 heteroatoms. The highest BCUT2D eigenvalue weighted by Crippen LogP contribution is 2.13. The number of allylic oxidation sites excluding steroid dienone is 3. The van der Waals surface area contributed by atoms with Gasteiger partial charge in [0, 0.05) is 12.1 Å². The molecule has 1 aromatic carbocycles. The summed E-state index contributed by atoms with van der Waals surface area (Å²) in [5, 5.41) is 6.50. The lowest BCUT2D eigenvalue weighted by atomic mass is 10.1. The molecule has 0 spiro atoms. The summed E-state index contributed by atoms with van der Waals surface area (Å²) in [5.41, 5.74) is 2.79. The van der Waals surface area contributed by atoms with Gasteiger partial charge in [-0.25, -0.2) is 5.32 Å². The molecule has 0 saturated carbocycles. The average molecular weight is 269 g/mol. The average Bonchev–Trinajstić information content (AvgIpc) is 2.42. The quantitative estimate of drug-likeness (QED) is 0.909. The van der Waals surface area contributed by atoms with Gasteiger partial charge in [0.15, 0.2) is 0 Å². The summed E-state index contributed by atoms with van der Waals surface area (Å²) < 4.78 is 0. The van der Waals surface area contributed by atoms with Gasteiger partial charge in [-0.15, -0.1) is 0 Å². The number of nitrogens with one attached hydrogen (secondary N) is 1. The van der Waals surface area contributed by atoms with Crippen molar-refractivity contribution in [2.24, 2.45) is 0 Å². The van der Waals surface area contributed by atoms with Crippen LogP contribution in [0.3, 0.4) is 0 Å². The molecule has 0 saturated heterocycles. The Hall–Kier alpha value is -2.36. The molecule has 0 unspecified atom stereocenters. The van der Waals surface area contributed by atoms with E-state index in [1.54, 1.807) is 19.9 Å². The van der Waals surface area contributed by atoms with Gasteiger partial charge in [0.2, 0.25) is 5.91 Å². The predicted molar refractivity (Wildman–Crippen MR) is 76.5 cm³/mol. The lowest BCUT2D eigenvalue weighted by Crippen LogP contribution is -2.34. The zero-order chi connectivity index (χ0) is 14.5. The van der Waals surface area contributed by atoms with Crippen molar-refractivity contribution in [2.45, 2.75) is 26.7 Å². The minimum atomic E-state index is -0.379. The second-order valence-corrected chi connectivity index (χ2v) is 4.79. The fourth-order valence-electron chi connectivity index (χ4n) is 2.06. The molecule has 20 heavy (non-hydrogen) atoms. The highest BCUT2D eigenvalue weighted by molar-refractivity contribution is 6.00. The zero-order valence-corrected chi connectivity index (χ0v) is 11.6. The third-order valence-corrected chi connectivity index (χ3v) is 3.06. The molecule has 0 aliphatic carbocycles. The fourth-order valence-corrected chi connectivity index (χ4v) is 2.06. The van der Waals surface area contributed by atoms with E-state index in [0.29, 0.717) is 18.5 Å². The number of benzene rings is 1. The maximum atomic E-state index is 11.9. The van der Waals surface area contributed by atoms with Crippen molar-refractivity contribution in [1.82, 2.24) is 10.6 Å². The molecule has 1 aliphatic heterocycles. The SMILES string of the molecule is CC1=CC(C)=C(NC(=O)CCc2ccccc2)C(=O)[N]1. The molecule has 2 amide bonds.